The Morgan fingerprint density at radius 1 is 1.19 bits per heavy atom. The molecule has 142 valence electrons. The standard InChI is InChI=1S/C19H22FN5O2/c1-13-16(20)11-15(12-23-13)17-5-10-27-25(17)18(26)14-3-8-24(9-4-14)19-21-6-2-7-22-19/h2,6-7,11-12,14,17H,3-5,8-10H2,1H3/t17-/m0/s1. The largest absolute Gasteiger partial charge is 0.341 e. The van der Waals surface area contributed by atoms with E-state index in [-0.39, 0.29) is 23.7 Å². The summed E-state index contributed by atoms with van der Waals surface area (Å²) < 4.78 is 13.9. The molecule has 2 aromatic rings. The fraction of sp³-hybridized carbons (Fsp3) is 0.474. The number of pyridine rings is 1. The number of piperidine rings is 1. The second-order valence-corrected chi connectivity index (χ2v) is 6.95. The van der Waals surface area contributed by atoms with Crippen molar-refractivity contribution in [3.8, 4) is 0 Å². The van der Waals surface area contributed by atoms with Crippen LogP contribution in [0, 0.1) is 18.7 Å². The first kappa shape index (κ1) is 17.8. The van der Waals surface area contributed by atoms with Gasteiger partial charge in [-0.3, -0.25) is 14.6 Å². The van der Waals surface area contributed by atoms with Crippen LogP contribution < -0.4 is 4.90 Å². The Bertz CT molecular complexity index is 811. The molecule has 4 heterocycles. The molecule has 0 N–H and O–H groups in total. The third-order valence-electron chi connectivity index (χ3n) is 5.23. The van der Waals surface area contributed by atoms with E-state index in [0.717, 1.165) is 13.1 Å². The highest BCUT2D eigenvalue weighted by molar-refractivity contribution is 5.78. The maximum atomic E-state index is 13.9. The van der Waals surface area contributed by atoms with Crippen LogP contribution in [-0.4, -0.2) is 45.6 Å². The molecule has 2 saturated heterocycles. The average Bonchev–Trinajstić information content (AvgIpc) is 3.20. The summed E-state index contributed by atoms with van der Waals surface area (Å²) in [5.41, 5.74) is 1.03. The van der Waals surface area contributed by atoms with Crippen LogP contribution in [0.1, 0.15) is 36.6 Å². The van der Waals surface area contributed by atoms with Crippen molar-refractivity contribution in [2.24, 2.45) is 5.92 Å². The number of rotatable bonds is 3. The molecule has 4 rings (SSSR count). The number of hydrogen-bond acceptors (Lipinski definition) is 6. The highest BCUT2D eigenvalue weighted by Crippen LogP contribution is 2.33. The van der Waals surface area contributed by atoms with Crippen molar-refractivity contribution in [3.63, 3.8) is 0 Å². The lowest BCUT2D eigenvalue weighted by molar-refractivity contribution is -0.182. The fourth-order valence-electron chi connectivity index (χ4n) is 3.65. The van der Waals surface area contributed by atoms with Crippen LogP contribution in [0.5, 0.6) is 0 Å². The van der Waals surface area contributed by atoms with Crippen molar-refractivity contribution in [3.05, 3.63) is 47.8 Å². The smallest absolute Gasteiger partial charge is 0.249 e. The average molecular weight is 371 g/mol. The first-order chi connectivity index (χ1) is 13.1. The molecule has 0 aliphatic carbocycles. The Morgan fingerprint density at radius 3 is 2.63 bits per heavy atom. The van der Waals surface area contributed by atoms with E-state index < -0.39 is 0 Å². The molecule has 2 aliphatic rings. The lowest BCUT2D eigenvalue weighted by atomic mass is 9.95. The molecule has 0 spiro atoms. The van der Waals surface area contributed by atoms with Gasteiger partial charge in [-0.25, -0.2) is 19.4 Å². The maximum Gasteiger partial charge on any atom is 0.249 e. The van der Waals surface area contributed by atoms with E-state index in [1.165, 1.54) is 11.1 Å². The molecule has 0 bridgehead atoms. The molecule has 2 aliphatic heterocycles. The predicted molar refractivity (Wildman–Crippen MR) is 96.1 cm³/mol. The van der Waals surface area contributed by atoms with Crippen LogP contribution in [-0.2, 0) is 9.63 Å². The molecule has 8 heteroatoms. The molecule has 0 radical (unpaired) electrons. The minimum Gasteiger partial charge on any atom is -0.341 e. The van der Waals surface area contributed by atoms with E-state index in [4.69, 9.17) is 4.84 Å². The molecule has 0 saturated carbocycles. The number of nitrogens with zero attached hydrogens (tertiary/aromatic N) is 5. The van der Waals surface area contributed by atoms with Gasteiger partial charge in [-0.2, -0.15) is 0 Å². The third kappa shape index (κ3) is 3.62. The Balaban J connectivity index is 1.42. The van der Waals surface area contributed by atoms with Crippen molar-refractivity contribution in [2.75, 3.05) is 24.6 Å². The van der Waals surface area contributed by atoms with Gasteiger partial charge in [0.2, 0.25) is 11.9 Å². The van der Waals surface area contributed by atoms with E-state index in [2.05, 4.69) is 19.9 Å². The summed E-state index contributed by atoms with van der Waals surface area (Å²) in [4.78, 5) is 33.3. The number of hydrogen-bond donors (Lipinski definition) is 0. The zero-order valence-electron chi connectivity index (χ0n) is 15.2. The number of aromatic nitrogens is 3. The summed E-state index contributed by atoms with van der Waals surface area (Å²) in [6.45, 7) is 3.51. The second-order valence-electron chi connectivity index (χ2n) is 6.95. The summed E-state index contributed by atoms with van der Waals surface area (Å²) in [6.07, 6.45) is 7.14. The van der Waals surface area contributed by atoms with E-state index in [1.54, 1.807) is 31.6 Å². The Hall–Kier alpha value is -2.61. The second kappa shape index (κ2) is 7.56. The van der Waals surface area contributed by atoms with Crippen LogP contribution in [0.3, 0.4) is 0 Å². The number of amides is 1. The summed E-state index contributed by atoms with van der Waals surface area (Å²) in [6, 6.07) is 2.96. The maximum absolute atomic E-state index is 13.9. The molecule has 2 fully saturated rings. The minimum atomic E-state index is -0.358. The van der Waals surface area contributed by atoms with Crippen LogP contribution >= 0.6 is 0 Å². The van der Waals surface area contributed by atoms with Gasteiger partial charge in [-0.05, 0) is 37.5 Å². The van der Waals surface area contributed by atoms with E-state index in [0.29, 0.717) is 43.1 Å². The normalized spacial score (nSPS) is 20.9. The number of anilines is 1. The molecule has 7 nitrogen and oxygen atoms in total. The van der Waals surface area contributed by atoms with Gasteiger partial charge in [0.25, 0.3) is 0 Å². The summed E-state index contributed by atoms with van der Waals surface area (Å²) >= 11 is 0. The van der Waals surface area contributed by atoms with E-state index >= 15 is 0 Å². The summed E-state index contributed by atoms with van der Waals surface area (Å²) in [5.74, 6) is 0.184. The lowest BCUT2D eigenvalue weighted by Gasteiger charge is -2.34. The topological polar surface area (TPSA) is 71.5 Å². The van der Waals surface area contributed by atoms with E-state index in [1.807, 2.05) is 0 Å². The predicted octanol–water partition coefficient (Wildman–Crippen LogP) is 2.44. The van der Waals surface area contributed by atoms with Gasteiger partial charge in [0.15, 0.2) is 0 Å². The molecule has 0 aromatic carbocycles. The highest BCUT2D eigenvalue weighted by atomic mass is 19.1. The number of carbonyl (C=O) groups excluding carboxylic acids is 1. The highest BCUT2D eigenvalue weighted by Gasteiger charge is 2.37. The van der Waals surface area contributed by atoms with E-state index in [9.17, 15) is 9.18 Å². The number of hydroxylamine groups is 2. The first-order valence-corrected chi connectivity index (χ1v) is 9.23. The zero-order chi connectivity index (χ0) is 18.8. The fourth-order valence-corrected chi connectivity index (χ4v) is 3.65. The molecule has 1 amide bonds. The monoisotopic (exact) mass is 371 g/mol. The van der Waals surface area contributed by atoms with Gasteiger partial charge in [-0.1, -0.05) is 0 Å². The van der Waals surface area contributed by atoms with Crippen molar-refractivity contribution in [2.45, 2.75) is 32.2 Å². The van der Waals surface area contributed by atoms with Gasteiger partial charge >= 0.3 is 0 Å². The zero-order valence-corrected chi connectivity index (χ0v) is 15.2. The van der Waals surface area contributed by atoms with Gasteiger partial charge in [0.05, 0.1) is 18.3 Å². The lowest BCUT2D eigenvalue weighted by Crippen LogP contribution is -2.42. The molecule has 27 heavy (non-hydrogen) atoms. The van der Waals surface area contributed by atoms with Crippen LogP contribution in [0.2, 0.25) is 0 Å². The Kier molecular flexibility index (Phi) is 4.98. The summed E-state index contributed by atoms with van der Waals surface area (Å²) in [7, 11) is 0. The van der Waals surface area contributed by atoms with Crippen LogP contribution in [0.15, 0.2) is 30.7 Å². The number of aryl methyl sites for hydroxylation is 1. The van der Waals surface area contributed by atoms with Crippen molar-refractivity contribution in [1.82, 2.24) is 20.0 Å². The Morgan fingerprint density at radius 2 is 1.93 bits per heavy atom. The van der Waals surface area contributed by atoms with Gasteiger partial charge < -0.3 is 4.90 Å². The van der Waals surface area contributed by atoms with Gasteiger partial charge in [0, 0.05) is 44.0 Å². The number of carbonyl (C=O) groups is 1. The first-order valence-electron chi connectivity index (χ1n) is 9.23. The quantitative estimate of drug-likeness (QED) is 0.825. The number of halogens is 1. The van der Waals surface area contributed by atoms with Gasteiger partial charge in [0.1, 0.15) is 5.82 Å². The SMILES string of the molecule is Cc1ncc([C@@H]2CCON2C(=O)C2CCN(c3ncccn3)CC2)cc1F. The van der Waals surface area contributed by atoms with Crippen molar-refractivity contribution in [1.29, 1.82) is 0 Å². The minimum absolute atomic E-state index is 0.0351. The molecular formula is C19H22FN5O2. The van der Waals surface area contributed by atoms with Crippen LogP contribution in [0.4, 0.5) is 10.3 Å². The van der Waals surface area contributed by atoms with Crippen LogP contribution in [0.25, 0.3) is 0 Å². The third-order valence-corrected chi connectivity index (χ3v) is 5.23. The van der Waals surface area contributed by atoms with Crippen molar-refractivity contribution < 1.29 is 14.0 Å². The van der Waals surface area contributed by atoms with Crippen molar-refractivity contribution >= 4 is 11.9 Å². The molecule has 1 atom stereocenters. The van der Waals surface area contributed by atoms with Gasteiger partial charge in [-0.15, -0.1) is 0 Å². The summed E-state index contributed by atoms with van der Waals surface area (Å²) in [5, 5.41) is 1.44. The molecule has 2 aromatic heterocycles. The Labute approximate surface area is 157 Å². The molecular weight excluding hydrogens is 349 g/mol. The molecule has 0 unspecified atom stereocenters.